The molecule has 156 valence electrons. The van der Waals surface area contributed by atoms with Crippen LogP contribution in [0.4, 0.5) is 18.9 Å². The SMILES string of the molecule is CNc1ccc(-c2ccc(-c3cc(C(=O)O)c4cc(C(F)(F)F)ccc4n3)cc2)cc1. The summed E-state index contributed by atoms with van der Waals surface area (Å²) in [6.07, 6.45) is -4.57. The molecule has 0 radical (unpaired) electrons. The first-order valence-electron chi connectivity index (χ1n) is 9.40. The van der Waals surface area contributed by atoms with Gasteiger partial charge < -0.3 is 10.4 Å². The van der Waals surface area contributed by atoms with Gasteiger partial charge in [-0.25, -0.2) is 9.78 Å². The number of pyridine rings is 1. The van der Waals surface area contributed by atoms with Gasteiger partial charge in [-0.1, -0.05) is 36.4 Å². The molecule has 4 rings (SSSR count). The molecule has 0 bridgehead atoms. The monoisotopic (exact) mass is 422 g/mol. The van der Waals surface area contributed by atoms with Crippen molar-refractivity contribution in [2.24, 2.45) is 0 Å². The van der Waals surface area contributed by atoms with Crippen LogP contribution in [-0.4, -0.2) is 23.1 Å². The molecule has 0 fully saturated rings. The molecular weight excluding hydrogens is 405 g/mol. The van der Waals surface area contributed by atoms with Crippen LogP contribution in [0.25, 0.3) is 33.3 Å². The molecule has 0 unspecified atom stereocenters. The molecular formula is C24H17F3N2O2. The molecule has 2 N–H and O–H groups in total. The van der Waals surface area contributed by atoms with Gasteiger partial charge in [0.2, 0.25) is 0 Å². The number of fused-ring (bicyclic) bond motifs is 1. The molecule has 3 aromatic carbocycles. The number of nitrogens with one attached hydrogen (secondary N) is 1. The molecule has 31 heavy (non-hydrogen) atoms. The summed E-state index contributed by atoms with van der Waals surface area (Å²) in [6, 6.07) is 19.5. The number of carboxylic acid groups (broad SMARTS) is 1. The van der Waals surface area contributed by atoms with Crippen LogP contribution in [0.15, 0.2) is 72.8 Å². The first-order valence-corrected chi connectivity index (χ1v) is 9.40. The van der Waals surface area contributed by atoms with E-state index >= 15 is 0 Å². The fourth-order valence-electron chi connectivity index (χ4n) is 3.39. The Balaban J connectivity index is 1.76. The summed E-state index contributed by atoms with van der Waals surface area (Å²) in [5, 5.41) is 12.6. The molecule has 0 saturated heterocycles. The van der Waals surface area contributed by atoms with E-state index in [1.54, 1.807) is 0 Å². The second-order valence-corrected chi connectivity index (χ2v) is 6.99. The van der Waals surface area contributed by atoms with E-state index in [-0.39, 0.29) is 16.5 Å². The fourth-order valence-corrected chi connectivity index (χ4v) is 3.39. The lowest BCUT2D eigenvalue weighted by Gasteiger charge is -2.11. The van der Waals surface area contributed by atoms with Crippen LogP contribution in [-0.2, 0) is 6.18 Å². The number of aromatic carboxylic acids is 1. The second kappa shape index (κ2) is 7.75. The fraction of sp³-hybridized carbons (Fsp3) is 0.0833. The van der Waals surface area contributed by atoms with Crippen molar-refractivity contribution in [3.05, 3.63) is 83.9 Å². The third kappa shape index (κ3) is 4.07. The zero-order chi connectivity index (χ0) is 22.2. The first kappa shape index (κ1) is 20.4. The predicted octanol–water partition coefficient (Wildman–Crippen LogP) is 6.33. The lowest BCUT2D eigenvalue weighted by molar-refractivity contribution is -0.137. The quantitative estimate of drug-likeness (QED) is 0.404. The highest BCUT2D eigenvalue weighted by molar-refractivity contribution is 6.04. The lowest BCUT2D eigenvalue weighted by atomic mass is 9.99. The van der Waals surface area contributed by atoms with E-state index in [1.807, 2.05) is 55.6 Å². The lowest BCUT2D eigenvalue weighted by Crippen LogP contribution is -2.06. The van der Waals surface area contributed by atoms with E-state index in [9.17, 15) is 23.1 Å². The Hall–Kier alpha value is -3.87. The molecule has 0 aliphatic carbocycles. The Morgan fingerprint density at radius 3 is 2.00 bits per heavy atom. The summed E-state index contributed by atoms with van der Waals surface area (Å²) in [4.78, 5) is 16.1. The van der Waals surface area contributed by atoms with Crippen molar-refractivity contribution in [2.75, 3.05) is 12.4 Å². The Bertz CT molecular complexity index is 1270. The second-order valence-electron chi connectivity index (χ2n) is 6.99. The van der Waals surface area contributed by atoms with Gasteiger partial charge in [0.25, 0.3) is 0 Å². The highest BCUT2D eigenvalue weighted by atomic mass is 19.4. The molecule has 0 amide bonds. The Labute approximate surface area is 176 Å². The van der Waals surface area contributed by atoms with Gasteiger partial charge in [-0.15, -0.1) is 0 Å². The van der Waals surface area contributed by atoms with Gasteiger partial charge in [0.05, 0.1) is 22.3 Å². The normalized spacial score (nSPS) is 11.5. The van der Waals surface area contributed by atoms with E-state index in [1.165, 1.54) is 12.1 Å². The summed E-state index contributed by atoms with van der Waals surface area (Å²) in [5.41, 5.74) is 3.08. The smallest absolute Gasteiger partial charge is 0.416 e. The number of carboxylic acids is 1. The maximum absolute atomic E-state index is 13.0. The van der Waals surface area contributed by atoms with E-state index < -0.39 is 17.7 Å². The number of benzene rings is 3. The van der Waals surface area contributed by atoms with Crippen molar-refractivity contribution in [2.45, 2.75) is 6.18 Å². The van der Waals surface area contributed by atoms with E-state index in [0.29, 0.717) is 11.3 Å². The summed E-state index contributed by atoms with van der Waals surface area (Å²) < 4.78 is 39.1. The standard InChI is InChI=1S/C24H17F3N2O2/c1-28-18-9-6-15(7-10-18)14-2-4-16(5-3-14)22-13-20(23(30)31)19-12-17(24(25,26)27)8-11-21(19)29-22/h2-13,28H,1H3,(H,30,31). The number of rotatable bonds is 4. The maximum Gasteiger partial charge on any atom is 0.416 e. The molecule has 4 nitrogen and oxygen atoms in total. The van der Waals surface area contributed by atoms with Crippen molar-refractivity contribution >= 4 is 22.6 Å². The molecule has 1 aromatic heterocycles. The van der Waals surface area contributed by atoms with Crippen molar-refractivity contribution in [1.82, 2.24) is 4.98 Å². The molecule has 0 aliphatic heterocycles. The van der Waals surface area contributed by atoms with Gasteiger partial charge in [-0.2, -0.15) is 13.2 Å². The van der Waals surface area contributed by atoms with Gasteiger partial charge in [0, 0.05) is 23.7 Å². The van der Waals surface area contributed by atoms with Crippen LogP contribution >= 0.6 is 0 Å². The van der Waals surface area contributed by atoms with Crippen molar-refractivity contribution < 1.29 is 23.1 Å². The van der Waals surface area contributed by atoms with Crippen molar-refractivity contribution in [3.8, 4) is 22.4 Å². The van der Waals surface area contributed by atoms with Crippen molar-refractivity contribution in [3.63, 3.8) is 0 Å². The van der Waals surface area contributed by atoms with Gasteiger partial charge in [0.15, 0.2) is 0 Å². The van der Waals surface area contributed by atoms with Crippen LogP contribution < -0.4 is 5.32 Å². The molecule has 0 aliphatic rings. The maximum atomic E-state index is 13.0. The molecule has 0 saturated carbocycles. The van der Waals surface area contributed by atoms with E-state index in [2.05, 4.69) is 10.3 Å². The average Bonchev–Trinajstić information content (AvgIpc) is 2.77. The third-order valence-electron chi connectivity index (χ3n) is 5.05. The summed E-state index contributed by atoms with van der Waals surface area (Å²) >= 11 is 0. The predicted molar refractivity (Wildman–Crippen MR) is 114 cm³/mol. The van der Waals surface area contributed by atoms with Crippen LogP contribution in [0.5, 0.6) is 0 Å². The molecule has 0 atom stereocenters. The third-order valence-corrected chi connectivity index (χ3v) is 5.05. The molecule has 0 spiro atoms. The number of alkyl halides is 3. The van der Waals surface area contributed by atoms with Crippen LogP contribution in [0.3, 0.4) is 0 Å². The topological polar surface area (TPSA) is 62.2 Å². The highest BCUT2D eigenvalue weighted by Gasteiger charge is 2.31. The Kier molecular flexibility index (Phi) is 5.10. The number of nitrogens with zero attached hydrogens (tertiary/aromatic N) is 1. The average molecular weight is 422 g/mol. The number of carbonyl (C=O) groups is 1. The number of hydrogen-bond acceptors (Lipinski definition) is 3. The minimum atomic E-state index is -4.57. The largest absolute Gasteiger partial charge is 0.478 e. The minimum Gasteiger partial charge on any atom is -0.478 e. The number of hydrogen-bond donors (Lipinski definition) is 2. The van der Waals surface area contributed by atoms with Gasteiger partial charge in [-0.05, 0) is 47.5 Å². The Morgan fingerprint density at radius 1 is 0.871 bits per heavy atom. The minimum absolute atomic E-state index is 0.0488. The highest BCUT2D eigenvalue weighted by Crippen LogP contribution is 2.33. The Morgan fingerprint density at radius 2 is 1.45 bits per heavy atom. The summed E-state index contributed by atoms with van der Waals surface area (Å²) in [6.45, 7) is 0. The van der Waals surface area contributed by atoms with Crippen LogP contribution in [0.2, 0.25) is 0 Å². The first-order chi connectivity index (χ1) is 14.8. The zero-order valence-corrected chi connectivity index (χ0v) is 16.4. The van der Waals surface area contributed by atoms with Gasteiger partial charge >= 0.3 is 12.1 Å². The van der Waals surface area contributed by atoms with Crippen LogP contribution in [0, 0.1) is 0 Å². The summed E-state index contributed by atoms with van der Waals surface area (Å²) in [7, 11) is 1.84. The molecule has 4 aromatic rings. The zero-order valence-electron chi connectivity index (χ0n) is 16.4. The summed E-state index contributed by atoms with van der Waals surface area (Å²) in [5.74, 6) is -1.31. The van der Waals surface area contributed by atoms with Crippen molar-refractivity contribution in [1.29, 1.82) is 0 Å². The molecule has 1 heterocycles. The van der Waals surface area contributed by atoms with Gasteiger partial charge in [0.1, 0.15) is 0 Å². The number of halogens is 3. The number of aromatic nitrogens is 1. The van der Waals surface area contributed by atoms with E-state index in [4.69, 9.17) is 0 Å². The van der Waals surface area contributed by atoms with E-state index in [0.717, 1.165) is 28.9 Å². The van der Waals surface area contributed by atoms with Crippen LogP contribution in [0.1, 0.15) is 15.9 Å². The molecule has 7 heteroatoms. The van der Waals surface area contributed by atoms with Gasteiger partial charge in [-0.3, -0.25) is 0 Å². The number of anilines is 1.